The molecule has 3 aromatic rings. The fourth-order valence-corrected chi connectivity index (χ4v) is 3.51. The molecule has 0 spiro atoms. The Kier molecular flexibility index (Phi) is 5.27. The summed E-state index contributed by atoms with van der Waals surface area (Å²) in [5.74, 6) is 0.372. The van der Waals surface area contributed by atoms with E-state index in [1.54, 1.807) is 6.07 Å². The second kappa shape index (κ2) is 8.00. The molecule has 6 nitrogen and oxygen atoms in total. The van der Waals surface area contributed by atoms with Crippen LogP contribution in [-0.2, 0) is 6.42 Å². The van der Waals surface area contributed by atoms with Gasteiger partial charge >= 0.3 is 0 Å². The second-order valence-corrected chi connectivity index (χ2v) is 6.89. The van der Waals surface area contributed by atoms with Gasteiger partial charge in [-0.1, -0.05) is 6.92 Å². The topological polar surface area (TPSA) is 64.0 Å². The quantitative estimate of drug-likeness (QED) is 0.669. The second-order valence-electron chi connectivity index (χ2n) is 6.89. The number of halogens is 2. The van der Waals surface area contributed by atoms with Crippen molar-refractivity contribution in [2.75, 3.05) is 24.6 Å². The first-order valence-corrected chi connectivity index (χ1v) is 9.43. The predicted octanol–water partition coefficient (Wildman–Crippen LogP) is 3.56. The number of ether oxygens (including phenoxy) is 1. The van der Waals surface area contributed by atoms with Crippen molar-refractivity contribution in [3.8, 4) is 5.88 Å². The Balaban J connectivity index is 1.39. The highest BCUT2D eigenvalue weighted by Gasteiger charge is 2.23. The molecule has 0 aliphatic carbocycles. The summed E-state index contributed by atoms with van der Waals surface area (Å²) in [6, 6.07) is 4.57. The Hall–Kier alpha value is -2.90. The van der Waals surface area contributed by atoms with Crippen LogP contribution in [-0.4, -0.2) is 39.6 Å². The van der Waals surface area contributed by atoms with Crippen molar-refractivity contribution >= 4 is 16.7 Å². The van der Waals surface area contributed by atoms with E-state index in [0.29, 0.717) is 30.2 Å². The number of hydrogen-bond acceptors (Lipinski definition) is 6. The Morgan fingerprint density at radius 2 is 1.86 bits per heavy atom. The first kappa shape index (κ1) is 18.5. The number of rotatable bonds is 5. The summed E-state index contributed by atoms with van der Waals surface area (Å²) in [5, 5.41) is 0.841. The van der Waals surface area contributed by atoms with E-state index in [1.165, 1.54) is 24.8 Å². The van der Waals surface area contributed by atoms with Gasteiger partial charge in [0.15, 0.2) is 0 Å². The van der Waals surface area contributed by atoms with Crippen molar-refractivity contribution in [3.05, 3.63) is 48.2 Å². The van der Waals surface area contributed by atoms with E-state index in [2.05, 4.69) is 24.8 Å². The van der Waals surface area contributed by atoms with Crippen LogP contribution in [0, 0.1) is 17.6 Å². The van der Waals surface area contributed by atoms with Crippen molar-refractivity contribution in [1.29, 1.82) is 0 Å². The van der Waals surface area contributed by atoms with E-state index in [1.807, 2.05) is 6.92 Å². The summed E-state index contributed by atoms with van der Waals surface area (Å²) >= 11 is 0. The number of aryl methyl sites for hydroxylation is 1. The van der Waals surface area contributed by atoms with Crippen molar-refractivity contribution in [2.45, 2.75) is 26.2 Å². The molecule has 28 heavy (non-hydrogen) atoms. The molecular formula is C20H21F2N5O. The Morgan fingerprint density at radius 1 is 1.07 bits per heavy atom. The minimum Gasteiger partial charge on any atom is -0.475 e. The average molecular weight is 385 g/mol. The van der Waals surface area contributed by atoms with Gasteiger partial charge in [0, 0.05) is 24.5 Å². The molecule has 1 saturated heterocycles. The molecule has 0 N–H and O–H groups in total. The molecule has 3 heterocycles. The van der Waals surface area contributed by atoms with Crippen LogP contribution in [0.25, 0.3) is 10.9 Å². The van der Waals surface area contributed by atoms with Gasteiger partial charge in [-0.3, -0.25) is 0 Å². The van der Waals surface area contributed by atoms with E-state index in [0.717, 1.165) is 37.1 Å². The molecule has 1 aliphatic rings. The van der Waals surface area contributed by atoms with Gasteiger partial charge in [0.25, 0.3) is 5.88 Å². The number of aromatic nitrogens is 4. The number of benzene rings is 1. The maximum Gasteiger partial charge on any atom is 0.253 e. The molecule has 146 valence electrons. The van der Waals surface area contributed by atoms with Gasteiger partial charge in [-0.2, -0.15) is 9.37 Å². The monoisotopic (exact) mass is 385 g/mol. The molecular weight excluding hydrogens is 364 g/mol. The van der Waals surface area contributed by atoms with Crippen LogP contribution in [0.15, 0.2) is 30.9 Å². The summed E-state index contributed by atoms with van der Waals surface area (Å²) in [6.45, 7) is 3.85. The number of anilines is 1. The van der Waals surface area contributed by atoms with Gasteiger partial charge in [-0.25, -0.2) is 19.3 Å². The molecule has 1 aromatic carbocycles. The summed E-state index contributed by atoms with van der Waals surface area (Å²) in [7, 11) is 0. The van der Waals surface area contributed by atoms with Crippen LogP contribution in [0.4, 0.5) is 14.6 Å². The molecule has 1 aliphatic heterocycles. The minimum absolute atomic E-state index is 0.0260. The van der Waals surface area contributed by atoms with Gasteiger partial charge in [-0.05, 0) is 37.3 Å². The fraction of sp³-hybridized carbons (Fsp3) is 0.400. The highest BCUT2D eigenvalue weighted by molar-refractivity contribution is 5.89. The molecule has 4 rings (SSSR count). The smallest absolute Gasteiger partial charge is 0.253 e. The third kappa shape index (κ3) is 3.72. The molecule has 0 amide bonds. The molecule has 0 saturated carbocycles. The maximum absolute atomic E-state index is 14.2. The number of nitrogens with zero attached hydrogens (tertiary/aromatic N) is 5. The predicted molar refractivity (Wildman–Crippen MR) is 101 cm³/mol. The largest absolute Gasteiger partial charge is 0.475 e. The van der Waals surface area contributed by atoms with E-state index in [4.69, 9.17) is 4.74 Å². The maximum atomic E-state index is 14.2. The van der Waals surface area contributed by atoms with Crippen molar-refractivity contribution in [2.24, 2.45) is 5.92 Å². The summed E-state index contributed by atoms with van der Waals surface area (Å²) in [4.78, 5) is 18.6. The zero-order valence-corrected chi connectivity index (χ0v) is 15.6. The van der Waals surface area contributed by atoms with Crippen LogP contribution >= 0.6 is 0 Å². The molecule has 0 unspecified atom stereocenters. The van der Waals surface area contributed by atoms with E-state index in [-0.39, 0.29) is 11.7 Å². The zero-order valence-electron chi connectivity index (χ0n) is 15.6. The number of hydrogen-bond donors (Lipinski definition) is 0. The van der Waals surface area contributed by atoms with Crippen LogP contribution < -0.4 is 9.64 Å². The van der Waals surface area contributed by atoms with Gasteiger partial charge < -0.3 is 9.64 Å². The van der Waals surface area contributed by atoms with Gasteiger partial charge in [0.2, 0.25) is 5.82 Å². The van der Waals surface area contributed by atoms with Crippen molar-refractivity contribution in [3.63, 3.8) is 0 Å². The highest BCUT2D eigenvalue weighted by atomic mass is 19.1. The van der Waals surface area contributed by atoms with E-state index < -0.39 is 5.82 Å². The lowest BCUT2D eigenvalue weighted by Gasteiger charge is -2.33. The van der Waals surface area contributed by atoms with E-state index in [9.17, 15) is 8.78 Å². The summed E-state index contributed by atoms with van der Waals surface area (Å²) in [6.07, 6.45) is 5.08. The lowest BCUT2D eigenvalue weighted by Crippen LogP contribution is -2.36. The molecule has 0 bridgehead atoms. The van der Waals surface area contributed by atoms with Gasteiger partial charge in [-0.15, -0.1) is 0 Å². The number of fused-ring (bicyclic) bond motifs is 1. The third-order valence-electron chi connectivity index (χ3n) is 5.11. The van der Waals surface area contributed by atoms with Gasteiger partial charge in [0.1, 0.15) is 24.3 Å². The fourth-order valence-electron chi connectivity index (χ4n) is 3.51. The first-order chi connectivity index (χ1) is 13.7. The molecule has 0 atom stereocenters. The molecule has 2 aromatic heterocycles. The van der Waals surface area contributed by atoms with Crippen LogP contribution in [0.5, 0.6) is 5.88 Å². The van der Waals surface area contributed by atoms with Gasteiger partial charge in [0.05, 0.1) is 17.8 Å². The molecule has 8 heteroatoms. The van der Waals surface area contributed by atoms with Crippen molar-refractivity contribution < 1.29 is 13.5 Å². The Morgan fingerprint density at radius 3 is 2.64 bits per heavy atom. The standard InChI is InChI=1S/C20H21F2N5O/c1-2-16-18(22)20(26-12-23-16)28-10-13-5-7-27(8-6-13)19-15-4-3-14(21)9-17(15)24-11-25-19/h3-4,9,11-13H,2,5-8,10H2,1H3. The Bertz CT molecular complexity index is 976. The Labute approximate surface area is 161 Å². The summed E-state index contributed by atoms with van der Waals surface area (Å²) < 4.78 is 33.3. The highest BCUT2D eigenvalue weighted by Crippen LogP contribution is 2.28. The normalized spacial score (nSPS) is 15.2. The lowest BCUT2D eigenvalue weighted by atomic mass is 9.97. The molecule has 1 fully saturated rings. The zero-order chi connectivity index (χ0) is 19.5. The average Bonchev–Trinajstić information content (AvgIpc) is 2.73. The lowest BCUT2D eigenvalue weighted by molar-refractivity contribution is 0.206. The third-order valence-corrected chi connectivity index (χ3v) is 5.11. The van der Waals surface area contributed by atoms with Crippen LogP contribution in [0.3, 0.4) is 0 Å². The SMILES string of the molecule is CCc1ncnc(OCC2CCN(c3ncnc4cc(F)ccc34)CC2)c1F. The molecule has 0 radical (unpaired) electrons. The van der Waals surface area contributed by atoms with Crippen molar-refractivity contribution in [1.82, 2.24) is 19.9 Å². The first-order valence-electron chi connectivity index (χ1n) is 9.43. The van der Waals surface area contributed by atoms with E-state index >= 15 is 0 Å². The number of piperidine rings is 1. The summed E-state index contributed by atoms with van der Waals surface area (Å²) in [5.41, 5.74) is 0.966. The minimum atomic E-state index is -0.470. The van der Waals surface area contributed by atoms with Crippen LogP contribution in [0.1, 0.15) is 25.5 Å². The van der Waals surface area contributed by atoms with Crippen LogP contribution in [0.2, 0.25) is 0 Å².